The Labute approximate surface area is 97.1 Å². The zero-order valence-electron chi connectivity index (χ0n) is 9.44. The van der Waals surface area contributed by atoms with E-state index in [0.717, 1.165) is 5.01 Å². The molecule has 90 valence electrons. The molecule has 2 aliphatic rings. The maximum absolute atomic E-state index is 11.7. The molecule has 1 saturated heterocycles. The van der Waals surface area contributed by atoms with Gasteiger partial charge >= 0.3 is 12.0 Å². The van der Waals surface area contributed by atoms with Gasteiger partial charge in [0.05, 0.1) is 12.2 Å². The molecule has 2 heterocycles. The molecule has 0 radical (unpaired) electrons. The summed E-state index contributed by atoms with van der Waals surface area (Å²) in [5.41, 5.74) is 0.711. The van der Waals surface area contributed by atoms with Gasteiger partial charge in [0, 0.05) is 12.1 Å². The normalized spacial score (nSPS) is 18.9. The van der Waals surface area contributed by atoms with Crippen LogP contribution in [0.3, 0.4) is 0 Å². The lowest BCUT2D eigenvalue weighted by Gasteiger charge is -2.19. The number of carbonyl (C=O) groups excluding carboxylic acids is 3. The highest BCUT2D eigenvalue weighted by Crippen LogP contribution is 2.25. The van der Waals surface area contributed by atoms with Crippen molar-refractivity contribution in [3.05, 3.63) is 11.3 Å². The molecule has 0 aromatic heterocycles. The van der Waals surface area contributed by atoms with Crippen molar-refractivity contribution in [2.45, 2.75) is 20.3 Å². The molecule has 1 fully saturated rings. The summed E-state index contributed by atoms with van der Waals surface area (Å²) in [5, 5.41) is 6.91. The molecule has 0 aliphatic carbocycles. The highest BCUT2D eigenvalue weighted by atomic mass is 16.5. The first-order valence-corrected chi connectivity index (χ1v) is 5.14. The van der Waals surface area contributed by atoms with Crippen molar-refractivity contribution in [3.8, 4) is 0 Å². The van der Waals surface area contributed by atoms with Gasteiger partial charge in [-0.15, -0.1) is 0 Å². The second-order valence-electron chi connectivity index (χ2n) is 3.63. The number of amides is 3. The molecule has 7 nitrogen and oxygen atoms in total. The summed E-state index contributed by atoms with van der Waals surface area (Å²) in [7, 11) is 0. The molecule has 3 amide bonds. The fourth-order valence-corrected chi connectivity index (χ4v) is 1.70. The van der Waals surface area contributed by atoms with Crippen LogP contribution < -0.4 is 5.32 Å². The van der Waals surface area contributed by atoms with Crippen molar-refractivity contribution in [2.75, 3.05) is 6.61 Å². The lowest BCUT2D eigenvalue weighted by atomic mass is 10.1. The molecule has 17 heavy (non-hydrogen) atoms. The van der Waals surface area contributed by atoms with Crippen LogP contribution in [0.4, 0.5) is 4.79 Å². The van der Waals surface area contributed by atoms with Crippen LogP contribution >= 0.6 is 0 Å². The number of hydrazone groups is 1. The monoisotopic (exact) mass is 237 g/mol. The summed E-state index contributed by atoms with van der Waals surface area (Å²) in [6.45, 7) is 3.55. The molecule has 0 aromatic rings. The third-order valence-corrected chi connectivity index (χ3v) is 2.35. The van der Waals surface area contributed by atoms with Gasteiger partial charge in [0.25, 0.3) is 5.91 Å². The highest BCUT2D eigenvalue weighted by Gasteiger charge is 2.40. The van der Waals surface area contributed by atoms with Gasteiger partial charge in [-0.2, -0.15) is 10.1 Å². The lowest BCUT2D eigenvalue weighted by molar-refractivity contribution is -0.139. The minimum absolute atomic E-state index is 0.0287. The first-order chi connectivity index (χ1) is 8.04. The summed E-state index contributed by atoms with van der Waals surface area (Å²) in [4.78, 5) is 34.6. The average Bonchev–Trinajstić information content (AvgIpc) is 2.54. The topological polar surface area (TPSA) is 88.1 Å². The molecule has 2 rings (SSSR count). The zero-order chi connectivity index (χ0) is 12.6. The maximum atomic E-state index is 11.7. The standard InChI is InChI=1S/C10H11N3O4/c1-3-17-9(15)6-4-5(2)12-13-7(6)8(14)11-10(13)16/h3-4H2,1-2H3,(H,11,14,16). The minimum Gasteiger partial charge on any atom is -0.463 e. The van der Waals surface area contributed by atoms with E-state index in [1.165, 1.54) is 0 Å². The molecular weight excluding hydrogens is 226 g/mol. The second kappa shape index (κ2) is 4.00. The molecule has 7 heteroatoms. The predicted octanol–water partition coefficient (Wildman–Crippen LogP) is 0.135. The van der Waals surface area contributed by atoms with Crippen molar-refractivity contribution in [2.24, 2.45) is 5.10 Å². The quantitative estimate of drug-likeness (QED) is 0.546. The Morgan fingerprint density at radius 1 is 1.53 bits per heavy atom. The van der Waals surface area contributed by atoms with Crippen molar-refractivity contribution in [1.82, 2.24) is 10.3 Å². The fraction of sp³-hybridized carbons (Fsp3) is 0.400. The van der Waals surface area contributed by atoms with Gasteiger partial charge in [-0.05, 0) is 13.8 Å². The van der Waals surface area contributed by atoms with Crippen LogP contribution in [0.1, 0.15) is 20.3 Å². The van der Waals surface area contributed by atoms with Gasteiger partial charge in [-0.1, -0.05) is 0 Å². The molecule has 0 spiro atoms. The fourth-order valence-electron chi connectivity index (χ4n) is 1.70. The van der Waals surface area contributed by atoms with E-state index in [0.29, 0.717) is 5.71 Å². The van der Waals surface area contributed by atoms with Gasteiger partial charge in [0.15, 0.2) is 0 Å². The van der Waals surface area contributed by atoms with E-state index in [4.69, 9.17) is 4.74 Å². The highest BCUT2D eigenvalue weighted by molar-refractivity contribution is 6.17. The number of urea groups is 1. The number of hydrogen-bond donors (Lipinski definition) is 1. The molecular formula is C10H11N3O4. The maximum Gasteiger partial charge on any atom is 0.349 e. The number of nitrogens with zero attached hydrogens (tertiary/aromatic N) is 2. The lowest BCUT2D eigenvalue weighted by Crippen LogP contribution is -2.28. The number of fused-ring (bicyclic) bond motifs is 1. The van der Waals surface area contributed by atoms with Crippen molar-refractivity contribution < 1.29 is 19.1 Å². The number of imide groups is 1. The van der Waals surface area contributed by atoms with Crippen LogP contribution in [0.2, 0.25) is 0 Å². The molecule has 1 N–H and O–H groups in total. The van der Waals surface area contributed by atoms with Gasteiger partial charge in [-0.3, -0.25) is 10.1 Å². The Kier molecular flexibility index (Phi) is 2.66. The SMILES string of the molecule is CCOC(=O)C1=C2C(=O)NC(=O)N2N=C(C)C1. The Bertz CT molecular complexity index is 478. The Morgan fingerprint density at radius 3 is 2.88 bits per heavy atom. The van der Waals surface area contributed by atoms with E-state index in [9.17, 15) is 14.4 Å². The third kappa shape index (κ3) is 1.79. The largest absolute Gasteiger partial charge is 0.463 e. The first kappa shape index (κ1) is 11.3. The first-order valence-electron chi connectivity index (χ1n) is 5.14. The molecule has 2 aliphatic heterocycles. The van der Waals surface area contributed by atoms with E-state index in [-0.39, 0.29) is 24.3 Å². The number of nitrogens with one attached hydrogen (secondary N) is 1. The average molecular weight is 237 g/mol. The second-order valence-corrected chi connectivity index (χ2v) is 3.63. The molecule has 0 atom stereocenters. The van der Waals surface area contributed by atoms with Crippen LogP contribution in [0.5, 0.6) is 0 Å². The van der Waals surface area contributed by atoms with Crippen molar-refractivity contribution in [1.29, 1.82) is 0 Å². The number of rotatable bonds is 2. The van der Waals surface area contributed by atoms with E-state index in [2.05, 4.69) is 10.4 Å². The van der Waals surface area contributed by atoms with Crippen LogP contribution in [-0.2, 0) is 14.3 Å². The smallest absolute Gasteiger partial charge is 0.349 e. The summed E-state index contributed by atoms with van der Waals surface area (Å²) in [6.07, 6.45) is 0.214. The van der Waals surface area contributed by atoms with Gasteiger partial charge in [-0.25, -0.2) is 9.59 Å². The van der Waals surface area contributed by atoms with E-state index in [1.807, 2.05) is 0 Å². The molecule has 0 aromatic carbocycles. The molecule has 0 bridgehead atoms. The zero-order valence-corrected chi connectivity index (χ0v) is 9.44. The number of esters is 1. The van der Waals surface area contributed by atoms with Crippen molar-refractivity contribution >= 4 is 23.6 Å². The molecule has 0 unspecified atom stereocenters. The third-order valence-electron chi connectivity index (χ3n) is 2.35. The Balaban J connectivity index is 2.44. The summed E-state index contributed by atoms with van der Waals surface area (Å²) < 4.78 is 4.85. The summed E-state index contributed by atoms with van der Waals surface area (Å²) >= 11 is 0. The van der Waals surface area contributed by atoms with Gasteiger partial charge in [0.2, 0.25) is 0 Å². The predicted molar refractivity (Wildman–Crippen MR) is 56.8 cm³/mol. The van der Waals surface area contributed by atoms with Crippen LogP contribution in [0, 0.1) is 0 Å². The summed E-state index contributed by atoms with van der Waals surface area (Å²) in [6, 6.07) is -0.647. The van der Waals surface area contributed by atoms with Crippen LogP contribution in [-0.4, -0.2) is 35.2 Å². The molecule has 0 saturated carbocycles. The van der Waals surface area contributed by atoms with Crippen LogP contribution in [0.15, 0.2) is 16.4 Å². The number of hydrogen-bond acceptors (Lipinski definition) is 5. The van der Waals surface area contributed by atoms with Crippen LogP contribution in [0.25, 0.3) is 0 Å². The van der Waals surface area contributed by atoms with E-state index in [1.54, 1.807) is 13.8 Å². The van der Waals surface area contributed by atoms with E-state index < -0.39 is 17.9 Å². The number of carbonyl (C=O) groups is 3. The van der Waals surface area contributed by atoms with Gasteiger partial charge in [0.1, 0.15) is 5.70 Å². The number of ether oxygens (including phenoxy) is 1. The Morgan fingerprint density at radius 2 is 2.24 bits per heavy atom. The van der Waals surface area contributed by atoms with Crippen molar-refractivity contribution in [3.63, 3.8) is 0 Å². The Hall–Kier alpha value is -2.18. The van der Waals surface area contributed by atoms with Gasteiger partial charge < -0.3 is 4.74 Å². The summed E-state index contributed by atoms with van der Waals surface area (Å²) in [5.74, 6) is -1.21. The van der Waals surface area contributed by atoms with E-state index >= 15 is 0 Å². The minimum atomic E-state index is -0.647.